The highest BCUT2D eigenvalue weighted by Crippen LogP contribution is 2.29. The molecule has 0 spiro atoms. The van der Waals surface area contributed by atoms with Crippen molar-refractivity contribution >= 4 is 28.3 Å². The molecule has 0 amide bonds. The predicted molar refractivity (Wildman–Crippen MR) is 123 cm³/mol. The Morgan fingerprint density at radius 1 is 0.967 bits per heavy atom. The molecule has 0 saturated carbocycles. The van der Waals surface area contributed by atoms with Gasteiger partial charge in [-0.05, 0) is 73.4 Å². The van der Waals surface area contributed by atoms with Crippen LogP contribution in [0.2, 0.25) is 5.02 Å². The van der Waals surface area contributed by atoms with Crippen molar-refractivity contribution in [3.8, 4) is 0 Å². The molecule has 1 unspecified atom stereocenters. The molecule has 0 aromatic heterocycles. The number of fused-ring (bicyclic) bond motifs is 1. The average Bonchev–Trinajstić information content (AvgIpc) is 2.79. The summed E-state index contributed by atoms with van der Waals surface area (Å²) in [6.07, 6.45) is 4.86. The second-order valence-corrected chi connectivity index (χ2v) is 8.50. The van der Waals surface area contributed by atoms with Crippen LogP contribution in [0.1, 0.15) is 47.5 Å². The third-order valence-corrected chi connectivity index (χ3v) is 6.22. The van der Waals surface area contributed by atoms with Gasteiger partial charge in [-0.15, -0.1) is 0 Å². The molecule has 4 heteroatoms. The molecule has 1 aliphatic heterocycles. The lowest BCUT2D eigenvalue weighted by atomic mass is 9.91. The van der Waals surface area contributed by atoms with Crippen LogP contribution in [-0.4, -0.2) is 37.1 Å². The molecule has 3 aromatic carbocycles. The molecule has 1 saturated heterocycles. The highest BCUT2D eigenvalue weighted by Gasteiger charge is 2.20. The molecule has 30 heavy (non-hydrogen) atoms. The minimum Gasteiger partial charge on any atom is -0.461 e. The summed E-state index contributed by atoms with van der Waals surface area (Å²) in [6.45, 7) is 3.74. The largest absolute Gasteiger partial charge is 0.461 e. The van der Waals surface area contributed by atoms with E-state index in [4.69, 9.17) is 16.3 Å². The van der Waals surface area contributed by atoms with Gasteiger partial charge in [0.1, 0.15) is 0 Å². The van der Waals surface area contributed by atoms with E-state index in [1.165, 1.54) is 48.7 Å². The second-order valence-electron chi connectivity index (χ2n) is 8.07. The maximum Gasteiger partial charge on any atom is 0.338 e. The Hall–Kier alpha value is -2.36. The lowest BCUT2D eigenvalue weighted by Gasteiger charge is -2.28. The molecule has 1 aliphatic rings. The lowest BCUT2D eigenvalue weighted by Crippen LogP contribution is -2.32. The van der Waals surface area contributed by atoms with Crippen molar-refractivity contribution in [2.24, 2.45) is 0 Å². The van der Waals surface area contributed by atoms with Crippen LogP contribution in [0.4, 0.5) is 0 Å². The number of hydrogen-bond acceptors (Lipinski definition) is 3. The van der Waals surface area contributed by atoms with Gasteiger partial charge < -0.3 is 9.64 Å². The zero-order chi connectivity index (χ0) is 20.8. The summed E-state index contributed by atoms with van der Waals surface area (Å²) in [5, 5.41) is 3.00. The van der Waals surface area contributed by atoms with Gasteiger partial charge in [0.25, 0.3) is 0 Å². The maximum atomic E-state index is 12.6. The summed E-state index contributed by atoms with van der Waals surface area (Å²) in [7, 11) is 0. The molecular formula is C26H28ClNO2. The van der Waals surface area contributed by atoms with Crippen molar-refractivity contribution in [3.05, 3.63) is 82.9 Å². The van der Waals surface area contributed by atoms with Crippen molar-refractivity contribution in [3.63, 3.8) is 0 Å². The Morgan fingerprint density at radius 2 is 1.73 bits per heavy atom. The third-order valence-electron chi connectivity index (χ3n) is 5.98. The van der Waals surface area contributed by atoms with Crippen molar-refractivity contribution < 1.29 is 9.53 Å². The Kier molecular flexibility index (Phi) is 7.03. The normalized spacial score (nSPS) is 15.8. The van der Waals surface area contributed by atoms with E-state index >= 15 is 0 Å². The van der Waals surface area contributed by atoms with Gasteiger partial charge in [0, 0.05) is 10.9 Å². The minimum atomic E-state index is -0.319. The number of benzene rings is 3. The maximum absolute atomic E-state index is 12.6. The first-order chi connectivity index (χ1) is 14.7. The van der Waals surface area contributed by atoms with E-state index < -0.39 is 0 Å². The summed E-state index contributed by atoms with van der Waals surface area (Å²) in [5.74, 6) is -0.165. The predicted octanol–water partition coefficient (Wildman–Crippen LogP) is 6.31. The topological polar surface area (TPSA) is 29.5 Å². The first-order valence-electron chi connectivity index (χ1n) is 10.8. The van der Waals surface area contributed by atoms with Gasteiger partial charge in [-0.25, -0.2) is 4.79 Å². The number of carbonyl (C=O) groups excluding carboxylic acids is 1. The Morgan fingerprint density at radius 3 is 2.57 bits per heavy atom. The molecule has 0 radical (unpaired) electrons. The van der Waals surface area contributed by atoms with Gasteiger partial charge in [0.2, 0.25) is 0 Å². The number of carbonyl (C=O) groups is 1. The monoisotopic (exact) mass is 421 g/mol. The number of rotatable bonds is 7. The first kappa shape index (κ1) is 20.9. The van der Waals surface area contributed by atoms with Crippen molar-refractivity contribution in [2.45, 2.75) is 31.6 Å². The Labute approximate surface area is 183 Å². The number of likely N-dealkylation sites (tertiary alicyclic amines) is 1. The van der Waals surface area contributed by atoms with Gasteiger partial charge in [-0.1, -0.05) is 66.6 Å². The van der Waals surface area contributed by atoms with Crippen LogP contribution in [0, 0.1) is 0 Å². The highest BCUT2D eigenvalue weighted by molar-refractivity contribution is 6.30. The van der Waals surface area contributed by atoms with Crippen molar-refractivity contribution in [1.82, 2.24) is 4.90 Å². The molecule has 0 bridgehead atoms. The molecule has 4 rings (SSSR count). The van der Waals surface area contributed by atoms with Crippen LogP contribution in [0.15, 0.2) is 66.7 Å². The fraction of sp³-hybridized carbons (Fsp3) is 0.346. The van der Waals surface area contributed by atoms with Crippen molar-refractivity contribution in [1.29, 1.82) is 0 Å². The number of ether oxygens (including phenoxy) is 1. The molecule has 1 atom stereocenters. The number of piperidine rings is 1. The zero-order valence-electron chi connectivity index (χ0n) is 17.2. The van der Waals surface area contributed by atoms with E-state index in [1.54, 1.807) is 24.3 Å². The molecule has 156 valence electrons. The summed E-state index contributed by atoms with van der Waals surface area (Å²) in [4.78, 5) is 15.2. The SMILES string of the molecule is O=C(OCC(CCN1CCCCC1)c1cccc2ccccc12)c1cccc(Cl)c1. The third kappa shape index (κ3) is 5.21. The van der Waals surface area contributed by atoms with Gasteiger partial charge in [0.05, 0.1) is 12.2 Å². The number of hydrogen-bond donors (Lipinski definition) is 0. The Bertz CT molecular complexity index is 992. The zero-order valence-corrected chi connectivity index (χ0v) is 18.0. The summed E-state index contributed by atoms with van der Waals surface area (Å²) in [6, 6.07) is 21.8. The standard InChI is InChI=1S/C26H28ClNO2/c27-23-11-6-10-21(18-23)26(29)30-19-22(14-17-28-15-4-1-5-16-28)25-13-7-9-20-8-2-3-12-24(20)25/h2-3,6-13,18,22H,1,4-5,14-17,19H2. The van der Waals surface area contributed by atoms with Gasteiger partial charge in [-0.3, -0.25) is 0 Å². The first-order valence-corrected chi connectivity index (χ1v) is 11.2. The summed E-state index contributed by atoms with van der Waals surface area (Å²) < 4.78 is 5.77. The minimum absolute atomic E-state index is 0.154. The molecule has 1 heterocycles. The average molecular weight is 422 g/mol. The number of halogens is 1. The van der Waals surface area contributed by atoms with Crippen LogP contribution in [0.25, 0.3) is 10.8 Å². The van der Waals surface area contributed by atoms with Crippen LogP contribution >= 0.6 is 11.6 Å². The second kappa shape index (κ2) is 10.1. The van der Waals surface area contributed by atoms with Crippen LogP contribution in [0.5, 0.6) is 0 Å². The van der Waals surface area contributed by atoms with Gasteiger partial charge in [0.15, 0.2) is 0 Å². The molecule has 3 aromatic rings. The van der Waals surface area contributed by atoms with Crippen LogP contribution in [0.3, 0.4) is 0 Å². The Balaban J connectivity index is 1.52. The van der Waals surface area contributed by atoms with Gasteiger partial charge >= 0.3 is 5.97 Å². The van der Waals surface area contributed by atoms with Gasteiger partial charge in [-0.2, -0.15) is 0 Å². The quantitative estimate of drug-likeness (QED) is 0.418. The van der Waals surface area contributed by atoms with E-state index in [0.717, 1.165) is 13.0 Å². The van der Waals surface area contributed by atoms with E-state index in [-0.39, 0.29) is 11.9 Å². The highest BCUT2D eigenvalue weighted by atomic mass is 35.5. The number of esters is 1. The van der Waals surface area contributed by atoms with E-state index in [2.05, 4.69) is 47.4 Å². The molecule has 1 fully saturated rings. The molecular weight excluding hydrogens is 394 g/mol. The molecule has 3 nitrogen and oxygen atoms in total. The fourth-order valence-electron chi connectivity index (χ4n) is 4.33. The number of nitrogens with zero attached hydrogens (tertiary/aromatic N) is 1. The van der Waals surface area contributed by atoms with E-state index in [0.29, 0.717) is 17.2 Å². The fourth-order valence-corrected chi connectivity index (χ4v) is 4.52. The summed E-state index contributed by atoms with van der Waals surface area (Å²) >= 11 is 6.04. The lowest BCUT2D eigenvalue weighted by molar-refractivity contribution is 0.0470. The van der Waals surface area contributed by atoms with E-state index in [9.17, 15) is 4.79 Å². The van der Waals surface area contributed by atoms with Crippen LogP contribution < -0.4 is 0 Å². The van der Waals surface area contributed by atoms with Crippen molar-refractivity contribution in [2.75, 3.05) is 26.2 Å². The van der Waals surface area contributed by atoms with E-state index in [1.807, 2.05) is 0 Å². The molecule has 0 N–H and O–H groups in total. The summed E-state index contributed by atoms with van der Waals surface area (Å²) in [5.41, 5.74) is 1.75. The van der Waals surface area contributed by atoms with Crippen LogP contribution in [-0.2, 0) is 4.74 Å². The smallest absolute Gasteiger partial charge is 0.338 e. The molecule has 0 aliphatic carbocycles.